The molecule has 0 radical (unpaired) electrons. The maximum absolute atomic E-state index is 12.2. The molecule has 0 aromatic carbocycles. The van der Waals surface area contributed by atoms with Gasteiger partial charge in [-0.2, -0.15) is 0 Å². The molecule has 25 heavy (non-hydrogen) atoms. The normalized spacial score (nSPS) is 25.2. The summed E-state index contributed by atoms with van der Waals surface area (Å²) in [7, 11) is 0. The number of ether oxygens (including phenoxy) is 2. The molecular weight excluding hydrogens is 322 g/mol. The van der Waals surface area contributed by atoms with Crippen LogP contribution in [0.2, 0.25) is 0 Å². The SMILES string of the molecule is CC(C)(C)OC(=O)N1CCC(CCCCC2CCOCC2)(C(=O)O)C1. The molecule has 0 bridgehead atoms. The highest BCUT2D eigenvalue weighted by molar-refractivity contribution is 5.78. The van der Waals surface area contributed by atoms with Gasteiger partial charge in [-0.1, -0.05) is 19.3 Å². The molecule has 2 rings (SSSR count). The first kappa shape index (κ1) is 20.0. The molecule has 0 aliphatic carbocycles. The van der Waals surface area contributed by atoms with Crippen LogP contribution in [-0.2, 0) is 14.3 Å². The molecule has 0 spiro atoms. The highest BCUT2D eigenvalue weighted by atomic mass is 16.6. The van der Waals surface area contributed by atoms with Crippen molar-refractivity contribution in [3.63, 3.8) is 0 Å². The predicted octanol–water partition coefficient (Wildman–Crippen LogP) is 3.69. The molecule has 0 saturated carbocycles. The van der Waals surface area contributed by atoms with Crippen molar-refractivity contribution in [2.75, 3.05) is 26.3 Å². The van der Waals surface area contributed by atoms with Gasteiger partial charge in [0.15, 0.2) is 0 Å². The van der Waals surface area contributed by atoms with Crippen LogP contribution in [-0.4, -0.2) is 54.0 Å². The molecule has 6 heteroatoms. The molecule has 6 nitrogen and oxygen atoms in total. The lowest BCUT2D eigenvalue weighted by atomic mass is 9.81. The zero-order chi connectivity index (χ0) is 18.5. The lowest BCUT2D eigenvalue weighted by Crippen LogP contribution is -2.39. The third-order valence-electron chi connectivity index (χ3n) is 5.32. The summed E-state index contributed by atoms with van der Waals surface area (Å²) in [5.41, 5.74) is -1.37. The Hall–Kier alpha value is -1.30. The zero-order valence-corrected chi connectivity index (χ0v) is 15.9. The number of carbonyl (C=O) groups excluding carboxylic acids is 1. The summed E-state index contributed by atoms with van der Waals surface area (Å²) in [6.07, 6.45) is 6.07. The molecular formula is C19H33NO5. The molecule has 2 aliphatic rings. The van der Waals surface area contributed by atoms with Crippen molar-refractivity contribution in [1.82, 2.24) is 4.90 Å². The number of likely N-dealkylation sites (tertiary alicyclic amines) is 1. The highest BCUT2D eigenvalue weighted by Crippen LogP contribution is 2.37. The number of aliphatic carboxylic acids is 1. The Kier molecular flexibility index (Phi) is 6.72. The van der Waals surface area contributed by atoms with Crippen molar-refractivity contribution in [1.29, 1.82) is 0 Å². The average molecular weight is 355 g/mol. The minimum Gasteiger partial charge on any atom is -0.481 e. The van der Waals surface area contributed by atoms with E-state index in [0.29, 0.717) is 19.4 Å². The number of nitrogens with zero attached hydrogens (tertiary/aromatic N) is 1. The first-order chi connectivity index (χ1) is 11.7. The van der Waals surface area contributed by atoms with Crippen LogP contribution in [0.1, 0.15) is 65.7 Å². The van der Waals surface area contributed by atoms with E-state index in [2.05, 4.69) is 0 Å². The fourth-order valence-electron chi connectivity index (χ4n) is 3.77. The van der Waals surface area contributed by atoms with Gasteiger partial charge in [0.05, 0.1) is 5.41 Å². The van der Waals surface area contributed by atoms with E-state index in [4.69, 9.17) is 9.47 Å². The van der Waals surface area contributed by atoms with Crippen LogP contribution >= 0.6 is 0 Å². The molecule has 1 amide bonds. The molecule has 2 saturated heterocycles. The summed E-state index contributed by atoms with van der Waals surface area (Å²) < 4.78 is 10.8. The molecule has 1 unspecified atom stereocenters. The van der Waals surface area contributed by atoms with Crippen molar-refractivity contribution in [3.05, 3.63) is 0 Å². The number of carboxylic acids is 1. The second-order valence-electron chi connectivity index (χ2n) is 8.54. The first-order valence-electron chi connectivity index (χ1n) is 9.51. The molecule has 1 atom stereocenters. The van der Waals surface area contributed by atoms with Crippen LogP contribution in [0, 0.1) is 11.3 Å². The van der Waals surface area contributed by atoms with Crippen LogP contribution in [0.5, 0.6) is 0 Å². The smallest absolute Gasteiger partial charge is 0.410 e. The summed E-state index contributed by atoms with van der Waals surface area (Å²) in [6, 6.07) is 0. The maximum atomic E-state index is 12.2. The van der Waals surface area contributed by atoms with Gasteiger partial charge in [0.2, 0.25) is 0 Å². The average Bonchev–Trinajstić information content (AvgIpc) is 2.97. The molecule has 0 aromatic rings. The van der Waals surface area contributed by atoms with E-state index in [1.54, 1.807) is 4.90 Å². The third-order valence-corrected chi connectivity index (χ3v) is 5.32. The van der Waals surface area contributed by atoms with Crippen molar-refractivity contribution in [2.24, 2.45) is 11.3 Å². The number of carboxylic acid groups (broad SMARTS) is 1. The predicted molar refractivity (Wildman–Crippen MR) is 94.5 cm³/mol. The van der Waals surface area contributed by atoms with Crippen LogP contribution in [0.3, 0.4) is 0 Å². The molecule has 144 valence electrons. The second kappa shape index (κ2) is 8.39. The molecule has 1 N–H and O–H groups in total. The summed E-state index contributed by atoms with van der Waals surface area (Å²) in [4.78, 5) is 25.6. The quantitative estimate of drug-likeness (QED) is 0.736. The van der Waals surface area contributed by atoms with Gasteiger partial charge in [0, 0.05) is 26.3 Å². The largest absolute Gasteiger partial charge is 0.481 e. The first-order valence-corrected chi connectivity index (χ1v) is 9.51. The lowest BCUT2D eigenvalue weighted by Gasteiger charge is -2.27. The van der Waals surface area contributed by atoms with Crippen molar-refractivity contribution in [2.45, 2.75) is 71.3 Å². The minimum atomic E-state index is -0.813. The van der Waals surface area contributed by atoms with Crippen molar-refractivity contribution >= 4 is 12.1 Å². The number of amides is 1. The van der Waals surface area contributed by atoms with E-state index in [0.717, 1.165) is 51.2 Å². The van der Waals surface area contributed by atoms with Gasteiger partial charge in [-0.05, 0) is 52.4 Å². The van der Waals surface area contributed by atoms with Crippen LogP contribution < -0.4 is 0 Å². The summed E-state index contributed by atoms with van der Waals surface area (Å²) in [5, 5.41) is 9.75. The van der Waals surface area contributed by atoms with Gasteiger partial charge in [-0.25, -0.2) is 4.79 Å². The van der Waals surface area contributed by atoms with Crippen LogP contribution in [0.25, 0.3) is 0 Å². The number of rotatable bonds is 6. The number of hydrogen-bond acceptors (Lipinski definition) is 4. The molecule has 2 aliphatic heterocycles. The monoisotopic (exact) mass is 355 g/mol. The van der Waals surface area contributed by atoms with E-state index in [1.807, 2.05) is 20.8 Å². The Morgan fingerprint density at radius 1 is 1.24 bits per heavy atom. The Morgan fingerprint density at radius 3 is 2.52 bits per heavy atom. The van der Waals surface area contributed by atoms with Crippen molar-refractivity contribution in [3.8, 4) is 0 Å². The van der Waals surface area contributed by atoms with Crippen LogP contribution in [0.4, 0.5) is 4.79 Å². The third kappa shape index (κ3) is 5.87. The van der Waals surface area contributed by atoms with Gasteiger partial charge >= 0.3 is 12.1 Å². The summed E-state index contributed by atoms with van der Waals surface area (Å²) in [6.45, 7) is 7.89. The Morgan fingerprint density at radius 2 is 1.92 bits per heavy atom. The zero-order valence-electron chi connectivity index (χ0n) is 15.9. The van der Waals surface area contributed by atoms with Gasteiger partial charge in [-0.15, -0.1) is 0 Å². The second-order valence-corrected chi connectivity index (χ2v) is 8.54. The van der Waals surface area contributed by atoms with E-state index in [-0.39, 0.29) is 6.54 Å². The molecule has 0 aromatic heterocycles. The summed E-state index contributed by atoms with van der Waals surface area (Å²) >= 11 is 0. The molecule has 2 fully saturated rings. The minimum absolute atomic E-state index is 0.258. The van der Waals surface area contributed by atoms with Crippen LogP contribution in [0.15, 0.2) is 0 Å². The highest BCUT2D eigenvalue weighted by Gasteiger charge is 2.46. The van der Waals surface area contributed by atoms with E-state index in [1.165, 1.54) is 0 Å². The van der Waals surface area contributed by atoms with Crippen molar-refractivity contribution < 1.29 is 24.2 Å². The lowest BCUT2D eigenvalue weighted by molar-refractivity contribution is -0.148. The van der Waals surface area contributed by atoms with E-state index < -0.39 is 23.1 Å². The van der Waals surface area contributed by atoms with Gasteiger partial charge in [-0.3, -0.25) is 4.79 Å². The fraction of sp³-hybridized carbons (Fsp3) is 0.895. The Bertz CT molecular complexity index is 467. The fourth-order valence-corrected chi connectivity index (χ4v) is 3.77. The van der Waals surface area contributed by atoms with Gasteiger partial charge < -0.3 is 19.5 Å². The van der Waals surface area contributed by atoms with Gasteiger partial charge in [0.25, 0.3) is 0 Å². The summed E-state index contributed by atoms with van der Waals surface area (Å²) in [5.74, 6) is -0.0685. The number of hydrogen-bond donors (Lipinski definition) is 1. The van der Waals surface area contributed by atoms with E-state index >= 15 is 0 Å². The molecule has 2 heterocycles. The topological polar surface area (TPSA) is 76.1 Å². The number of carbonyl (C=O) groups is 2. The Labute approximate surface area is 150 Å². The maximum Gasteiger partial charge on any atom is 0.410 e. The number of unbranched alkanes of at least 4 members (excludes halogenated alkanes) is 1. The Balaban J connectivity index is 1.81. The standard InChI is InChI=1S/C19H33NO5/c1-18(2,3)25-17(23)20-11-10-19(14-20,16(21)22)9-5-4-6-15-7-12-24-13-8-15/h15H,4-14H2,1-3H3,(H,21,22). The van der Waals surface area contributed by atoms with E-state index in [9.17, 15) is 14.7 Å². The van der Waals surface area contributed by atoms with Gasteiger partial charge in [0.1, 0.15) is 5.60 Å².